The summed E-state index contributed by atoms with van der Waals surface area (Å²) in [7, 11) is 0. The van der Waals surface area contributed by atoms with Crippen molar-refractivity contribution in [3.8, 4) is 0 Å². The van der Waals surface area contributed by atoms with Crippen LogP contribution in [0.25, 0.3) is 0 Å². The van der Waals surface area contributed by atoms with Crippen LogP contribution in [0.4, 0.5) is 11.4 Å². The summed E-state index contributed by atoms with van der Waals surface area (Å²) in [5.41, 5.74) is 2.24. The normalized spacial score (nSPS) is 8.22. The van der Waals surface area contributed by atoms with Crippen LogP contribution in [-0.2, 0) is 0 Å². The summed E-state index contributed by atoms with van der Waals surface area (Å²) in [4.78, 5) is 0. The van der Waals surface area contributed by atoms with Gasteiger partial charge in [-0.3, -0.25) is 0 Å². The van der Waals surface area contributed by atoms with E-state index in [9.17, 15) is 0 Å². The van der Waals surface area contributed by atoms with Crippen LogP contribution in [-0.4, -0.2) is 0 Å². The average Bonchev–Trinajstić information content (AvgIpc) is 2.44. The molecule has 1 N–H and O–H groups in total. The molecule has 0 atom stereocenters. The molecular weight excluding hydrogens is 218 g/mol. The molecule has 0 aliphatic rings. The molecule has 0 radical (unpaired) electrons. The van der Waals surface area contributed by atoms with Crippen molar-refractivity contribution in [1.29, 1.82) is 0 Å². The Morgan fingerprint density at radius 1 is 0.722 bits per heavy atom. The number of para-hydroxylation sites is 2. The van der Waals surface area contributed by atoms with Gasteiger partial charge in [0.1, 0.15) is 0 Å². The van der Waals surface area contributed by atoms with Crippen molar-refractivity contribution < 1.29 is 1.43 Å². The second kappa shape index (κ2) is 11.7. The summed E-state index contributed by atoms with van der Waals surface area (Å²) in [6.07, 6.45) is 1.25. The second-order valence-corrected chi connectivity index (χ2v) is 3.56. The third-order valence-corrected chi connectivity index (χ3v) is 1.84. The van der Waals surface area contributed by atoms with Crippen molar-refractivity contribution in [2.45, 2.75) is 34.1 Å². The van der Waals surface area contributed by atoms with E-state index in [0.717, 1.165) is 11.4 Å². The molecule has 0 aromatic heterocycles. The smallest absolute Gasteiger partial charge is 0.0384 e. The zero-order valence-electron chi connectivity index (χ0n) is 12.0. The Hall–Kier alpha value is -1.76. The van der Waals surface area contributed by atoms with Gasteiger partial charge in [0.2, 0.25) is 0 Å². The molecule has 0 aliphatic heterocycles. The Labute approximate surface area is 113 Å². The fraction of sp³-hybridized carbons (Fsp3) is 0.294. The first-order valence-electron chi connectivity index (χ1n) is 6.74. The van der Waals surface area contributed by atoms with Gasteiger partial charge in [0.25, 0.3) is 0 Å². The van der Waals surface area contributed by atoms with Gasteiger partial charge in [0.15, 0.2) is 0 Å². The lowest BCUT2D eigenvalue weighted by Gasteiger charge is -2.04. The lowest BCUT2D eigenvalue weighted by Crippen LogP contribution is -1.87. The van der Waals surface area contributed by atoms with Gasteiger partial charge in [-0.25, -0.2) is 0 Å². The topological polar surface area (TPSA) is 12.0 Å². The number of benzene rings is 2. The molecule has 1 heteroatoms. The maximum absolute atomic E-state index is 3.30. The molecule has 0 aliphatic carbocycles. The number of hydrogen-bond acceptors (Lipinski definition) is 1. The van der Waals surface area contributed by atoms with E-state index in [1.807, 2.05) is 74.5 Å². The molecule has 2 aromatic rings. The summed E-state index contributed by atoms with van der Waals surface area (Å²) in [6, 6.07) is 20.3. The minimum atomic E-state index is 0. The number of anilines is 2. The highest BCUT2D eigenvalue weighted by Crippen LogP contribution is 2.14. The fourth-order valence-electron chi connectivity index (χ4n) is 1.21. The summed E-state index contributed by atoms with van der Waals surface area (Å²) in [5.74, 6) is 0. The highest BCUT2D eigenvalue weighted by molar-refractivity contribution is 5.58. The Bertz CT molecular complexity index is 335. The molecule has 0 amide bonds. The van der Waals surface area contributed by atoms with Crippen molar-refractivity contribution in [3.05, 3.63) is 60.7 Å². The van der Waals surface area contributed by atoms with Gasteiger partial charge in [0.05, 0.1) is 0 Å². The lowest BCUT2D eigenvalue weighted by atomic mass is 10.3. The van der Waals surface area contributed by atoms with Crippen LogP contribution in [0.5, 0.6) is 0 Å². The van der Waals surface area contributed by atoms with E-state index in [1.54, 1.807) is 0 Å². The molecule has 18 heavy (non-hydrogen) atoms. The summed E-state index contributed by atoms with van der Waals surface area (Å²) >= 11 is 0. The van der Waals surface area contributed by atoms with E-state index in [-0.39, 0.29) is 1.43 Å². The zero-order chi connectivity index (χ0) is 13.6. The molecule has 0 saturated carbocycles. The van der Waals surface area contributed by atoms with Gasteiger partial charge in [-0.2, -0.15) is 0 Å². The van der Waals surface area contributed by atoms with Gasteiger partial charge in [-0.15, -0.1) is 0 Å². The first kappa shape index (κ1) is 16.2. The van der Waals surface area contributed by atoms with E-state index in [2.05, 4.69) is 19.2 Å². The van der Waals surface area contributed by atoms with Crippen molar-refractivity contribution >= 4 is 11.4 Å². The maximum atomic E-state index is 3.30. The van der Waals surface area contributed by atoms with Gasteiger partial charge in [-0.1, -0.05) is 70.5 Å². The predicted molar refractivity (Wildman–Crippen MR) is 85.6 cm³/mol. The Morgan fingerprint density at radius 3 is 1.28 bits per heavy atom. The van der Waals surface area contributed by atoms with E-state index in [1.165, 1.54) is 6.42 Å². The summed E-state index contributed by atoms with van der Waals surface area (Å²) in [5, 5.41) is 3.30. The van der Waals surface area contributed by atoms with Crippen LogP contribution < -0.4 is 5.32 Å². The maximum Gasteiger partial charge on any atom is 0.0384 e. The first-order valence-corrected chi connectivity index (χ1v) is 6.74. The van der Waals surface area contributed by atoms with Crippen molar-refractivity contribution in [1.82, 2.24) is 0 Å². The molecule has 2 aromatic carbocycles. The Morgan fingerprint density at radius 2 is 1.00 bits per heavy atom. The third kappa shape index (κ3) is 7.50. The Kier molecular flexibility index (Phi) is 10.6. The minimum Gasteiger partial charge on any atom is -0.356 e. The van der Waals surface area contributed by atoms with Crippen molar-refractivity contribution in [2.75, 3.05) is 5.32 Å². The first-order chi connectivity index (χ1) is 8.86. The molecule has 0 bridgehead atoms. The van der Waals surface area contributed by atoms with Crippen LogP contribution in [0, 0.1) is 0 Å². The lowest BCUT2D eigenvalue weighted by molar-refractivity contribution is 1.09. The molecule has 100 valence electrons. The molecule has 0 saturated heterocycles. The van der Waals surface area contributed by atoms with Gasteiger partial charge in [-0.05, 0) is 24.3 Å². The number of nitrogens with one attached hydrogen (secondary N) is 1. The molecule has 2 rings (SSSR count). The highest BCUT2D eigenvalue weighted by atomic mass is 14.9. The van der Waals surface area contributed by atoms with E-state index < -0.39 is 0 Å². The van der Waals surface area contributed by atoms with E-state index >= 15 is 0 Å². The predicted octanol–water partition coefficient (Wildman–Crippen LogP) is 6.12. The molecule has 0 spiro atoms. The standard InChI is InChI=1S/C12H11N.C3H8.C2H6.H2/c1-3-7-11(8-4-1)13-12-9-5-2-6-10-12;1-3-2;1-2;/h1-10,13H;3H2,1-2H3;1-2H3;1H. The minimum absolute atomic E-state index is 0. The van der Waals surface area contributed by atoms with Crippen LogP contribution in [0.15, 0.2) is 60.7 Å². The SMILES string of the molecule is CC.CCC.[HH].c1ccc(Nc2ccccc2)cc1. The summed E-state index contributed by atoms with van der Waals surface area (Å²) in [6.45, 7) is 8.25. The number of rotatable bonds is 2. The third-order valence-electron chi connectivity index (χ3n) is 1.84. The van der Waals surface area contributed by atoms with E-state index in [0.29, 0.717) is 0 Å². The van der Waals surface area contributed by atoms with Crippen molar-refractivity contribution in [3.63, 3.8) is 0 Å². The van der Waals surface area contributed by atoms with Crippen LogP contribution in [0.3, 0.4) is 0 Å². The van der Waals surface area contributed by atoms with Crippen LogP contribution in [0.1, 0.15) is 35.5 Å². The molecule has 1 nitrogen and oxygen atoms in total. The van der Waals surface area contributed by atoms with Gasteiger partial charge >= 0.3 is 0 Å². The molecule has 0 fully saturated rings. The van der Waals surface area contributed by atoms with Crippen LogP contribution >= 0.6 is 0 Å². The largest absolute Gasteiger partial charge is 0.356 e. The second-order valence-electron chi connectivity index (χ2n) is 3.56. The Balaban J connectivity index is 0. The molecule has 0 heterocycles. The quantitative estimate of drug-likeness (QED) is 0.672. The van der Waals surface area contributed by atoms with Gasteiger partial charge < -0.3 is 5.32 Å². The fourth-order valence-corrected chi connectivity index (χ4v) is 1.21. The molecule has 0 unspecified atom stereocenters. The zero-order valence-corrected chi connectivity index (χ0v) is 12.0. The molecular formula is C17H27N. The van der Waals surface area contributed by atoms with Crippen molar-refractivity contribution in [2.24, 2.45) is 0 Å². The van der Waals surface area contributed by atoms with Crippen LogP contribution in [0.2, 0.25) is 0 Å². The highest BCUT2D eigenvalue weighted by Gasteiger charge is 1.89. The van der Waals surface area contributed by atoms with E-state index in [4.69, 9.17) is 0 Å². The average molecular weight is 245 g/mol. The monoisotopic (exact) mass is 245 g/mol. The summed E-state index contributed by atoms with van der Waals surface area (Å²) < 4.78 is 0. The van der Waals surface area contributed by atoms with Gasteiger partial charge in [0, 0.05) is 12.8 Å². The number of hydrogen-bond donors (Lipinski definition) is 1.